The average molecular weight is 343 g/mol. The highest BCUT2D eigenvalue weighted by Crippen LogP contribution is 2.36. The molecule has 0 spiro atoms. The zero-order chi connectivity index (χ0) is 13.3. The molecule has 0 radical (unpaired) electrons. The lowest BCUT2D eigenvalue weighted by Gasteiger charge is -2.25. The highest BCUT2D eigenvalue weighted by Gasteiger charge is 2.31. The number of carbonyl (C=O) groups is 1. The number of ether oxygens (including phenoxy) is 1. The Balaban J connectivity index is 0.00000180. The van der Waals surface area contributed by atoms with E-state index < -0.39 is 0 Å². The third kappa shape index (κ3) is 3.92. The number of benzene rings is 1. The second kappa shape index (κ2) is 7.04. The normalized spacial score (nSPS) is 17.7. The van der Waals surface area contributed by atoms with E-state index in [0.29, 0.717) is 28.0 Å². The van der Waals surface area contributed by atoms with E-state index in [-0.39, 0.29) is 23.4 Å². The molecular formula is C12H14Cl3NO2S. The molecule has 0 bridgehead atoms. The Hall–Kier alpha value is -0.130. The van der Waals surface area contributed by atoms with Crippen molar-refractivity contribution in [1.82, 2.24) is 4.90 Å². The van der Waals surface area contributed by atoms with Gasteiger partial charge in [-0.05, 0) is 26.2 Å². The maximum absolute atomic E-state index is 12.3. The van der Waals surface area contributed by atoms with Crippen LogP contribution in [0, 0.1) is 0 Å². The summed E-state index contributed by atoms with van der Waals surface area (Å²) in [7, 11) is 3.92. The van der Waals surface area contributed by atoms with Gasteiger partial charge >= 0.3 is 0 Å². The number of Topliss-reactive ketones (excluding diaryl/α,β-unsaturated/α-hetero) is 1. The van der Waals surface area contributed by atoms with E-state index in [1.165, 1.54) is 0 Å². The molecule has 1 aliphatic heterocycles. The molecule has 0 fully saturated rings. The molecule has 3 nitrogen and oxygen atoms in total. The smallest absolute Gasteiger partial charge is 0.184 e. The topological polar surface area (TPSA) is 29.5 Å². The number of fused-ring (bicyclic) bond motifs is 1. The van der Waals surface area contributed by atoms with Crippen molar-refractivity contribution >= 4 is 53.2 Å². The average Bonchev–Trinajstić information content (AvgIpc) is 2.26. The van der Waals surface area contributed by atoms with Gasteiger partial charge in [0.2, 0.25) is 0 Å². The molecule has 106 valence electrons. The van der Waals surface area contributed by atoms with E-state index in [1.54, 1.807) is 23.9 Å². The summed E-state index contributed by atoms with van der Waals surface area (Å²) in [6.07, 6.45) is 0. The molecule has 0 N–H and O–H groups in total. The van der Waals surface area contributed by atoms with Crippen LogP contribution in [0.2, 0.25) is 10.0 Å². The van der Waals surface area contributed by atoms with Gasteiger partial charge in [-0.3, -0.25) is 4.79 Å². The van der Waals surface area contributed by atoms with Crippen LogP contribution in [-0.2, 0) is 0 Å². The summed E-state index contributed by atoms with van der Waals surface area (Å²) in [6, 6.07) is 3.20. The Morgan fingerprint density at radius 1 is 1.42 bits per heavy atom. The molecule has 0 saturated carbocycles. The molecule has 0 aromatic heterocycles. The highest BCUT2D eigenvalue weighted by molar-refractivity contribution is 8.00. The van der Waals surface area contributed by atoms with Gasteiger partial charge in [-0.2, -0.15) is 0 Å². The molecule has 19 heavy (non-hydrogen) atoms. The summed E-state index contributed by atoms with van der Waals surface area (Å²) in [4.78, 5) is 14.3. The maximum atomic E-state index is 12.3. The molecule has 1 aromatic rings. The van der Waals surface area contributed by atoms with Crippen LogP contribution in [0.3, 0.4) is 0 Å². The molecule has 1 atom stereocenters. The lowest BCUT2D eigenvalue weighted by Crippen LogP contribution is -2.32. The van der Waals surface area contributed by atoms with Crippen molar-refractivity contribution in [1.29, 1.82) is 0 Å². The summed E-state index contributed by atoms with van der Waals surface area (Å²) in [5.74, 6) is 1.27. The van der Waals surface area contributed by atoms with Gasteiger partial charge in [-0.15, -0.1) is 24.2 Å². The van der Waals surface area contributed by atoms with Gasteiger partial charge in [0.05, 0.1) is 10.6 Å². The van der Waals surface area contributed by atoms with Crippen molar-refractivity contribution in [2.75, 3.05) is 26.6 Å². The Bertz CT molecular complexity index is 482. The predicted octanol–water partition coefficient (Wildman–Crippen LogP) is 3.61. The number of thioether (sulfide) groups is 1. The van der Waals surface area contributed by atoms with Gasteiger partial charge in [-0.25, -0.2) is 0 Å². The minimum Gasteiger partial charge on any atom is -0.491 e. The molecule has 0 amide bonds. The van der Waals surface area contributed by atoms with Gasteiger partial charge < -0.3 is 9.64 Å². The Kier molecular flexibility index (Phi) is 6.27. The van der Waals surface area contributed by atoms with Crippen molar-refractivity contribution in [3.8, 4) is 5.75 Å². The van der Waals surface area contributed by atoms with E-state index in [2.05, 4.69) is 0 Å². The number of ketones is 1. The van der Waals surface area contributed by atoms with Crippen LogP contribution in [0.5, 0.6) is 5.75 Å². The molecule has 0 aliphatic carbocycles. The first-order valence-electron chi connectivity index (χ1n) is 5.41. The van der Waals surface area contributed by atoms with Gasteiger partial charge in [0.1, 0.15) is 17.6 Å². The van der Waals surface area contributed by atoms with Crippen LogP contribution >= 0.6 is 47.4 Å². The van der Waals surface area contributed by atoms with E-state index in [0.717, 1.165) is 5.88 Å². The summed E-state index contributed by atoms with van der Waals surface area (Å²) < 4.78 is 5.57. The zero-order valence-corrected chi connectivity index (χ0v) is 13.6. The summed E-state index contributed by atoms with van der Waals surface area (Å²) in [5.41, 5.74) is 0.448. The minimum atomic E-state index is -0.210. The van der Waals surface area contributed by atoms with Crippen LogP contribution in [0.25, 0.3) is 0 Å². The molecule has 1 aromatic carbocycles. The number of hydrogen-bond acceptors (Lipinski definition) is 4. The Morgan fingerprint density at radius 2 is 2.11 bits per heavy atom. The fourth-order valence-electron chi connectivity index (χ4n) is 1.67. The zero-order valence-electron chi connectivity index (χ0n) is 10.5. The lowest BCUT2D eigenvalue weighted by molar-refractivity contribution is 0.0943. The maximum Gasteiger partial charge on any atom is 0.184 e. The summed E-state index contributed by atoms with van der Waals surface area (Å²) >= 11 is 13.5. The fraction of sp³-hybridized carbons (Fsp3) is 0.417. The number of nitrogens with zero attached hydrogens (tertiary/aromatic N) is 1. The minimum absolute atomic E-state index is 0. The van der Waals surface area contributed by atoms with Gasteiger partial charge in [0, 0.05) is 10.9 Å². The third-order valence-corrected chi connectivity index (χ3v) is 4.42. The predicted molar refractivity (Wildman–Crippen MR) is 83.5 cm³/mol. The highest BCUT2D eigenvalue weighted by atomic mass is 35.5. The second-order valence-electron chi connectivity index (χ2n) is 4.30. The van der Waals surface area contributed by atoms with Gasteiger partial charge in [-0.1, -0.05) is 23.2 Å². The first-order chi connectivity index (χ1) is 8.49. The number of halogens is 3. The first-order valence-corrected chi connectivity index (χ1v) is 7.22. The monoisotopic (exact) mass is 341 g/mol. The first kappa shape index (κ1) is 16.9. The van der Waals surface area contributed by atoms with E-state index in [4.69, 9.17) is 27.9 Å². The van der Waals surface area contributed by atoms with Crippen molar-refractivity contribution in [2.24, 2.45) is 0 Å². The summed E-state index contributed by atoms with van der Waals surface area (Å²) in [6.45, 7) is 0.362. The fourth-order valence-corrected chi connectivity index (χ4v) is 3.15. The number of carbonyl (C=O) groups excluding carboxylic acids is 1. The van der Waals surface area contributed by atoms with Crippen LogP contribution in [0.4, 0.5) is 0 Å². The standard InChI is InChI=1S/C12H13Cl2NO2S.ClH/c1-15(2)6-18-10-5-17-9-4-7(13)3-8(14)11(9)12(10)16;/h3-4,10H,5-6H2,1-2H3;1H. The quantitative estimate of drug-likeness (QED) is 0.785. The Morgan fingerprint density at radius 3 is 2.74 bits per heavy atom. The van der Waals surface area contributed by atoms with Gasteiger partial charge in [0.25, 0.3) is 0 Å². The third-order valence-electron chi connectivity index (χ3n) is 2.48. The molecule has 1 unspecified atom stereocenters. The lowest BCUT2D eigenvalue weighted by atomic mass is 10.0. The van der Waals surface area contributed by atoms with Crippen molar-refractivity contribution in [3.05, 3.63) is 27.7 Å². The van der Waals surface area contributed by atoms with Crippen molar-refractivity contribution in [2.45, 2.75) is 5.25 Å². The van der Waals surface area contributed by atoms with Crippen LogP contribution in [0.1, 0.15) is 10.4 Å². The SMILES string of the molecule is CN(C)CSC1COc2cc(Cl)cc(Cl)c2C1=O.Cl. The van der Waals surface area contributed by atoms with Crippen molar-refractivity contribution < 1.29 is 9.53 Å². The van der Waals surface area contributed by atoms with E-state index in [1.807, 2.05) is 19.0 Å². The largest absolute Gasteiger partial charge is 0.491 e. The number of hydrogen-bond donors (Lipinski definition) is 0. The van der Waals surface area contributed by atoms with Gasteiger partial charge in [0.15, 0.2) is 5.78 Å². The Labute approximate surface area is 133 Å². The molecular weight excluding hydrogens is 329 g/mol. The summed E-state index contributed by atoms with van der Waals surface area (Å²) in [5, 5.41) is 0.627. The molecule has 2 rings (SSSR count). The number of rotatable bonds is 3. The van der Waals surface area contributed by atoms with E-state index in [9.17, 15) is 4.79 Å². The van der Waals surface area contributed by atoms with E-state index >= 15 is 0 Å². The van der Waals surface area contributed by atoms with Crippen LogP contribution in [0.15, 0.2) is 12.1 Å². The van der Waals surface area contributed by atoms with Crippen LogP contribution < -0.4 is 4.74 Å². The second-order valence-corrected chi connectivity index (χ2v) is 6.30. The van der Waals surface area contributed by atoms with Crippen LogP contribution in [-0.4, -0.2) is 42.5 Å². The molecule has 0 saturated heterocycles. The molecule has 7 heteroatoms. The molecule has 1 heterocycles. The van der Waals surface area contributed by atoms with Crippen molar-refractivity contribution in [3.63, 3.8) is 0 Å². The molecule has 1 aliphatic rings.